The van der Waals surface area contributed by atoms with Crippen LogP contribution in [0.3, 0.4) is 0 Å². The van der Waals surface area contributed by atoms with E-state index < -0.39 is 0 Å². The van der Waals surface area contributed by atoms with E-state index >= 15 is 0 Å². The van der Waals surface area contributed by atoms with Crippen molar-refractivity contribution in [1.82, 2.24) is 5.32 Å². The van der Waals surface area contributed by atoms with E-state index in [-0.39, 0.29) is 0 Å². The smallest absolute Gasteiger partial charge is 0.0729 e. The summed E-state index contributed by atoms with van der Waals surface area (Å²) in [6.07, 6.45) is 4.25. The van der Waals surface area contributed by atoms with Gasteiger partial charge in [-0.25, -0.2) is 0 Å². The number of rotatable bonds is 1. The highest BCUT2D eigenvalue weighted by Crippen LogP contribution is 2.31. The molecule has 1 heterocycles. The average Bonchev–Trinajstić information content (AvgIpc) is 2.39. The Morgan fingerprint density at radius 3 is 2.82 bits per heavy atom. The molecule has 2 nitrogen and oxygen atoms in total. The highest BCUT2D eigenvalue weighted by atomic mass is 16.5. The minimum absolute atomic E-state index is 0.378. The van der Waals surface area contributed by atoms with Crippen LogP contribution in [-0.2, 0) is 4.74 Å². The maximum Gasteiger partial charge on any atom is 0.0729 e. The molecule has 1 aromatic carbocycles. The molecule has 1 aliphatic carbocycles. The van der Waals surface area contributed by atoms with Crippen LogP contribution in [0.25, 0.3) is 0 Å². The Hall–Kier alpha value is -0.860. The lowest BCUT2D eigenvalue weighted by Crippen LogP contribution is -2.52. The number of hydrogen-bond acceptors (Lipinski definition) is 2. The maximum absolute atomic E-state index is 6.03. The molecule has 0 radical (unpaired) electrons. The van der Waals surface area contributed by atoms with Crippen LogP contribution in [0.4, 0.5) is 0 Å². The molecule has 0 amide bonds. The zero-order valence-electron chi connectivity index (χ0n) is 10.4. The molecule has 4 atom stereocenters. The summed E-state index contributed by atoms with van der Waals surface area (Å²) in [6, 6.07) is 11.6. The van der Waals surface area contributed by atoms with Gasteiger partial charge in [-0.1, -0.05) is 37.3 Å². The molecule has 1 N–H and O–H groups in total. The summed E-state index contributed by atoms with van der Waals surface area (Å²) in [6.45, 7) is 3.17. The second kappa shape index (κ2) is 4.79. The Labute approximate surface area is 103 Å². The third-order valence-electron chi connectivity index (χ3n) is 4.14. The van der Waals surface area contributed by atoms with Crippen molar-refractivity contribution in [3.05, 3.63) is 35.9 Å². The molecule has 1 aromatic rings. The molecular formula is C15H21NO. The summed E-state index contributed by atoms with van der Waals surface area (Å²) in [5, 5.41) is 3.78. The Morgan fingerprint density at radius 2 is 2.00 bits per heavy atom. The van der Waals surface area contributed by atoms with Crippen molar-refractivity contribution in [3.63, 3.8) is 0 Å². The summed E-state index contributed by atoms with van der Waals surface area (Å²) >= 11 is 0. The molecular weight excluding hydrogens is 210 g/mol. The second-order valence-electron chi connectivity index (χ2n) is 5.53. The summed E-state index contributed by atoms with van der Waals surface area (Å²) in [5.74, 6) is 0.835. The second-order valence-corrected chi connectivity index (χ2v) is 5.53. The van der Waals surface area contributed by atoms with Gasteiger partial charge in [-0.2, -0.15) is 0 Å². The summed E-state index contributed by atoms with van der Waals surface area (Å²) < 4.78 is 6.03. The summed E-state index contributed by atoms with van der Waals surface area (Å²) in [4.78, 5) is 0. The number of ether oxygens (including phenoxy) is 1. The van der Waals surface area contributed by atoms with Crippen molar-refractivity contribution in [2.24, 2.45) is 5.92 Å². The lowest BCUT2D eigenvalue weighted by atomic mass is 9.83. The molecule has 0 aromatic heterocycles. The first kappa shape index (κ1) is 11.2. The number of hydrogen-bond donors (Lipinski definition) is 1. The van der Waals surface area contributed by atoms with Crippen molar-refractivity contribution in [1.29, 1.82) is 0 Å². The topological polar surface area (TPSA) is 21.3 Å². The molecule has 0 bridgehead atoms. The van der Waals surface area contributed by atoms with Crippen LogP contribution in [0.15, 0.2) is 30.3 Å². The van der Waals surface area contributed by atoms with Crippen molar-refractivity contribution in [2.75, 3.05) is 6.61 Å². The van der Waals surface area contributed by atoms with Gasteiger partial charge in [0.1, 0.15) is 0 Å². The van der Waals surface area contributed by atoms with E-state index in [0.29, 0.717) is 18.2 Å². The first-order valence-electron chi connectivity index (χ1n) is 6.75. The van der Waals surface area contributed by atoms with Gasteiger partial charge in [0, 0.05) is 6.04 Å². The van der Waals surface area contributed by atoms with E-state index in [1.165, 1.54) is 24.8 Å². The van der Waals surface area contributed by atoms with Gasteiger partial charge in [-0.15, -0.1) is 0 Å². The van der Waals surface area contributed by atoms with Crippen LogP contribution in [0, 0.1) is 5.92 Å². The van der Waals surface area contributed by atoms with Crippen molar-refractivity contribution in [3.8, 4) is 0 Å². The van der Waals surface area contributed by atoms with E-state index in [1.54, 1.807) is 0 Å². The first-order valence-corrected chi connectivity index (χ1v) is 6.75. The fourth-order valence-corrected chi connectivity index (χ4v) is 3.13. The monoisotopic (exact) mass is 231 g/mol. The fourth-order valence-electron chi connectivity index (χ4n) is 3.13. The zero-order valence-corrected chi connectivity index (χ0v) is 10.4. The van der Waals surface area contributed by atoms with E-state index in [0.717, 1.165) is 12.5 Å². The van der Waals surface area contributed by atoms with Gasteiger partial charge in [-0.05, 0) is 30.7 Å². The molecule has 1 saturated carbocycles. The zero-order chi connectivity index (χ0) is 11.7. The molecule has 2 heteroatoms. The van der Waals surface area contributed by atoms with E-state index in [1.807, 2.05) is 0 Å². The van der Waals surface area contributed by atoms with Gasteiger partial charge in [0.15, 0.2) is 0 Å². The summed E-state index contributed by atoms with van der Waals surface area (Å²) in [5.41, 5.74) is 1.35. The van der Waals surface area contributed by atoms with E-state index in [2.05, 4.69) is 42.6 Å². The standard InChI is InChI=1S/C15H21NO/c1-11-7-8-15-13(9-11)16-14(10-17-15)12-5-3-2-4-6-12/h2-6,11,13-16H,7-10H2,1H3. The Balaban J connectivity index is 1.70. The number of morpholine rings is 1. The third-order valence-corrected chi connectivity index (χ3v) is 4.14. The first-order chi connectivity index (χ1) is 8.33. The molecule has 92 valence electrons. The number of nitrogens with one attached hydrogen (secondary N) is 1. The maximum atomic E-state index is 6.03. The SMILES string of the molecule is CC1CCC2OCC(c3ccccc3)NC2C1. The number of benzene rings is 1. The molecule has 1 saturated heterocycles. The largest absolute Gasteiger partial charge is 0.375 e. The molecule has 3 rings (SSSR count). The van der Waals surface area contributed by atoms with Crippen LogP contribution in [0.2, 0.25) is 0 Å². The minimum atomic E-state index is 0.378. The van der Waals surface area contributed by atoms with Crippen LogP contribution in [0.5, 0.6) is 0 Å². The molecule has 2 aliphatic rings. The molecule has 17 heavy (non-hydrogen) atoms. The van der Waals surface area contributed by atoms with Crippen LogP contribution in [-0.4, -0.2) is 18.8 Å². The van der Waals surface area contributed by atoms with Gasteiger partial charge in [0.05, 0.1) is 18.8 Å². The molecule has 4 unspecified atom stereocenters. The predicted octanol–water partition coefficient (Wildman–Crippen LogP) is 2.90. The fraction of sp³-hybridized carbons (Fsp3) is 0.600. The third kappa shape index (κ3) is 2.38. The minimum Gasteiger partial charge on any atom is -0.375 e. The van der Waals surface area contributed by atoms with Crippen molar-refractivity contribution < 1.29 is 4.74 Å². The van der Waals surface area contributed by atoms with Gasteiger partial charge >= 0.3 is 0 Å². The highest BCUT2D eigenvalue weighted by Gasteiger charge is 2.35. The lowest BCUT2D eigenvalue weighted by molar-refractivity contribution is -0.0540. The Kier molecular flexibility index (Phi) is 3.17. The Bertz CT molecular complexity index is 364. The van der Waals surface area contributed by atoms with Gasteiger partial charge in [0.25, 0.3) is 0 Å². The predicted molar refractivity (Wildman–Crippen MR) is 68.9 cm³/mol. The molecule has 2 fully saturated rings. The summed E-state index contributed by atoms with van der Waals surface area (Å²) in [7, 11) is 0. The average molecular weight is 231 g/mol. The van der Waals surface area contributed by atoms with Crippen molar-refractivity contribution in [2.45, 2.75) is 44.4 Å². The number of fused-ring (bicyclic) bond motifs is 1. The highest BCUT2D eigenvalue weighted by molar-refractivity contribution is 5.20. The van der Waals surface area contributed by atoms with E-state index in [9.17, 15) is 0 Å². The quantitative estimate of drug-likeness (QED) is 0.802. The van der Waals surface area contributed by atoms with E-state index in [4.69, 9.17) is 4.74 Å². The Morgan fingerprint density at radius 1 is 1.18 bits per heavy atom. The van der Waals surface area contributed by atoms with Crippen LogP contribution < -0.4 is 5.32 Å². The van der Waals surface area contributed by atoms with Crippen LogP contribution >= 0.6 is 0 Å². The van der Waals surface area contributed by atoms with Gasteiger partial charge in [0.2, 0.25) is 0 Å². The van der Waals surface area contributed by atoms with Gasteiger partial charge in [-0.3, -0.25) is 0 Å². The lowest BCUT2D eigenvalue weighted by Gasteiger charge is -2.42. The molecule has 1 aliphatic heterocycles. The normalized spacial score (nSPS) is 37.5. The molecule has 0 spiro atoms. The van der Waals surface area contributed by atoms with Crippen LogP contribution in [0.1, 0.15) is 37.8 Å². The van der Waals surface area contributed by atoms with Crippen molar-refractivity contribution >= 4 is 0 Å². The van der Waals surface area contributed by atoms with Gasteiger partial charge < -0.3 is 10.1 Å².